The summed E-state index contributed by atoms with van der Waals surface area (Å²) in [5.41, 5.74) is 1.65. The van der Waals surface area contributed by atoms with Gasteiger partial charge in [-0.3, -0.25) is 9.78 Å². The molecule has 0 unspecified atom stereocenters. The molecule has 2 aromatic carbocycles. The quantitative estimate of drug-likeness (QED) is 0.681. The van der Waals surface area contributed by atoms with Gasteiger partial charge >= 0.3 is 0 Å². The van der Waals surface area contributed by atoms with Gasteiger partial charge in [-0.1, -0.05) is 36.4 Å². The first-order valence-electron chi connectivity index (χ1n) is 10.1. The Morgan fingerprint density at radius 2 is 1.77 bits per heavy atom. The Labute approximate surface area is 177 Å². The van der Waals surface area contributed by atoms with Crippen molar-refractivity contribution in [3.8, 4) is 0 Å². The number of nitrogens with one attached hydrogen (secondary N) is 1. The van der Waals surface area contributed by atoms with Crippen LogP contribution in [-0.2, 0) is 20.2 Å². The third-order valence-corrected chi connectivity index (χ3v) is 7.87. The Bertz CT molecular complexity index is 1150. The van der Waals surface area contributed by atoms with Gasteiger partial charge in [-0.15, -0.1) is 0 Å². The summed E-state index contributed by atoms with van der Waals surface area (Å²) in [6, 6.07) is 19.1. The van der Waals surface area contributed by atoms with Crippen LogP contribution in [0.5, 0.6) is 0 Å². The number of amides is 1. The highest BCUT2D eigenvalue weighted by Gasteiger charge is 2.44. The highest BCUT2D eigenvalue weighted by Crippen LogP contribution is 2.38. The van der Waals surface area contributed by atoms with E-state index in [4.69, 9.17) is 0 Å². The van der Waals surface area contributed by atoms with Crippen molar-refractivity contribution in [1.82, 2.24) is 9.29 Å². The molecular formula is C23H25N3O3S. The molecule has 0 aliphatic carbocycles. The maximum atomic E-state index is 13.7. The second-order valence-electron chi connectivity index (χ2n) is 7.58. The van der Waals surface area contributed by atoms with Crippen molar-refractivity contribution in [3.63, 3.8) is 0 Å². The summed E-state index contributed by atoms with van der Waals surface area (Å²) in [7, 11) is -3.27. The number of sulfonamides is 1. The highest BCUT2D eigenvalue weighted by molar-refractivity contribution is 7.89. The summed E-state index contributed by atoms with van der Waals surface area (Å²) < 4.78 is 26.2. The third kappa shape index (κ3) is 3.70. The molecule has 30 heavy (non-hydrogen) atoms. The van der Waals surface area contributed by atoms with E-state index in [0.29, 0.717) is 31.6 Å². The molecule has 156 valence electrons. The number of aromatic nitrogens is 1. The SMILES string of the molecule is CCS(=O)(=O)N1CCC(C(=O)Nc2cccc3ncccc23)(c2ccccc2)CC1. The van der Waals surface area contributed by atoms with Gasteiger partial charge < -0.3 is 5.32 Å². The maximum absolute atomic E-state index is 13.7. The van der Waals surface area contributed by atoms with Crippen molar-refractivity contribution in [2.45, 2.75) is 25.2 Å². The van der Waals surface area contributed by atoms with Crippen LogP contribution in [0.1, 0.15) is 25.3 Å². The summed E-state index contributed by atoms with van der Waals surface area (Å²) in [6.07, 6.45) is 2.60. The summed E-state index contributed by atoms with van der Waals surface area (Å²) >= 11 is 0. The fourth-order valence-electron chi connectivity index (χ4n) is 4.19. The van der Waals surface area contributed by atoms with Gasteiger partial charge in [0.05, 0.1) is 22.4 Å². The molecule has 0 saturated carbocycles. The lowest BCUT2D eigenvalue weighted by Crippen LogP contribution is -2.51. The van der Waals surface area contributed by atoms with Gasteiger partial charge in [0.15, 0.2) is 0 Å². The molecule has 0 spiro atoms. The third-order valence-electron chi connectivity index (χ3n) is 5.99. The Hall–Kier alpha value is -2.77. The minimum atomic E-state index is -3.27. The summed E-state index contributed by atoms with van der Waals surface area (Å²) in [5.74, 6) is -0.0424. The zero-order valence-corrected chi connectivity index (χ0v) is 17.7. The Kier molecular flexibility index (Phi) is 5.58. The molecule has 1 amide bonds. The lowest BCUT2D eigenvalue weighted by molar-refractivity contribution is -0.123. The smallest absolute Gasteiger partial charge is 0.235 e. The van der Waals surface area contributed by atoms with E-state index >= 15 is 0 Å². The number of hydrogen-bond donors (Lipinski definition) is 1. The standard InChI is InChI=1S/C23H25N3O3S/c1-2-30(28,29)26-16-13-23(14-17-26,18-8-4-3-5-9-18)22(27)25-21-12-6-11-20-19(21)10-7-15-24-20/h3-12,15H,2,13-14,16-17H2,1H3,(H,25,27). The van der Waals surface area contributed by atoms with Crippen LogP contribution in [0.3, 0.4) is 0 Å². The molecule has 1 N–H and O–H groups in total. The molecule has 1 aliphatic heterocycles. The van der Waals surface area contributed by atoms with Gasteiger partial charge in [0.2, 0.25) is 15.9 Å². The molecule has 0 atom stereocenters. The second-order valence-corrected chi connectivity index (χ2v) is 9.84. The molecule has 4 rings (SSSR count). The van der Waals surface area contributed by atoms with Crippen LogP contribution in [-0.4, -0.2) is 42.5 Å². The molecule has 0 bridgehead atoms. The van der Waals surface area contributed by atoms with Crippen LogP contribution in [0.2, 0.25) is 0 Å². The van der Waals surface area contributed by atoms with Gasteiger partial charge in [0.25, 0.3) is 0 Å². The Morgan fingerprint density at radius 1 is 1.03 bits per heavy atom. The van der Waals surface area contributed by atoms with E-state index in [-0.39, 0.29) is 11.7 Å². The summed E-state index contributed by atoms with van der Waals surface area (Å²) in [5, 5.41) is 3.99. The molecule has 6 nitrogen and oxygen atoms in total. The first-order valence-corrected chi connectivity index (χ1v) is 11.8. The number of anilines is 1. The molecule has 1 fully saturated rings. The molecule has 0 radical (unpaired) electrons. The van der Waals surface area contributed by atoms with Gasteiger partial charge in [0, 0.05) is 24.7 Å². The van der Waals surface area contributed by atoms with E-state index in [1.807, 2.05) is 60.7 Å². The van der Waals surface area contributed by atoms with E-state index in [9.17, 15) is 13.2 Å². The lowest BCUT2D eigenvalue weighted by atomic mass is 9.72. The van der Waals surface area contributed by atoms with Crippen LogP contribution in [0.25, 0.3) is 10.9 Å². The fourth-order valence-corrected chi connectivity index (χ4v) is 5.29. The monoisotopic (exact) mass is 423 g/mol. The van der Waals surface area contributed by atoms with Crippen molar-refractivity contribution >= 4 is 32.5 Å². The first-order chi connectivity index (χ1) is 14.5. The van der Waals surface area contributed by atoms with Crippen molar-refractivity contribution in [2.75, 3.05) is 24.2 Å². The number of carbonyl (C=O) groups is 1. The van der Waals surface area contributed by atoms with Crippen molar-refractivity contribution in [1.29, 1.82) is 0 Å². The number of hydrogen-bond acceptors (Lipinski definition) is 4. The van der Waals surface area contributed by atoms with Gasteiger partial charge in [0.1, 0.15) is 0 Å². The van der Waals surface area contributed by atoms with Crippen LogP contribution in [0.4, 0.5) is 5.69 Å². The minimum Gasteiger partial charge on any atom is -0.325 e. The van der Waals surface area contributed by atoms with Gasteiger partial charge in [-0.2, -0.15) is 0 Å². The van der Waals surface area contributed by atoms with E-state index in [1.54, 1.807) is 13.1 Å². The Balaban J connectivity index is 1.68. The number of rotatable bonds is 5. The lowest BCUT2D eigenvalue weighted by Gasteiger charge is -2.40. The number of carbonyl (C=O) groups excluding carboxylic acids is 1. The Morgan fingerprint density at radius 3 is 2.47 bits per heavy atom. The molecule has 2 heterocycles. The van der Waals surface area contributed by atoms with E-state index < -0.39 is 15.4 Å². The normalized spacial score (nSPS) is 17.0. The molecule has 7 heteroatoms. The van der Waals surface area contributed by atoms with E-state index in [0.717, 1.165) is 16.5 Å². The topological polar surface area (TPSA) is 79.4 Å². The molecule has 1 aliphatic rings. The molecular weight excluding hydrogens is 398 g/mol. The van der Waals surface area contributed by atoms with Gasteiger partial charge in [-0.25, -0.2) is 12.7 Å². The first kappa shape index (κ1) is 20.5. The highest BCUT2D eigenvalue weighted by atomic mass is 32.2. The number of fused-ring (bicyclic) bond motifs is 1. The number of pyridine rings is 1. The maximum Gasteiger partial charge on any atom is 0.235 e. The van der Waals surface area contributed by atoms with Crippen LogP contribution >= 0.6 is 0 Å². The average Bonchev–Trinajstić information content (AvgIpc) is 2.80. The van der Waals surface area contributed by atoms with Crippen LogP contribution in [0, 0.1) is 0 Å². The zero-order chi connectivity index (χ0) is 21.2. The van der Waals surface area contributed by atoms with Crippen molar-refractivity contribution in [3.05, 3.63) is 72.4 Å². The van der Waals surface area contributed by atoms with E-state index in [1.165, 1.54) is 4.31 Å². The number of nitrogens with zero attached hydrogens (tertiary/aromatic N) is 2. The predicted molar refractivity (Wildman–Crippen MR) is 119 cm³/mol. The zero-order valence-electron chi connectivity index (χ0n) is 16.9. The summed E-state index contributed by atoms with van der Waals surface area (Å²) in [6.45, 7) is 2.31. The van der Waals surface area contributed by atoms with E-state index in [2.05, 4.69) is 10.3 Å². The molecule has 1 saturated heterocycles. The van der Waals surface area contributed by atoms with Gasteiger partial charge in [-0.05, 0) is 49.6 Å². The number of piperidine rings is 1. The van der Waals surface area contributed by atoms with Crippen molar-refractivity contribution in [2.24, 2.45) is 0 Å². The van der Waals surface area contributed by atoms with Crippen molar-refractivity contribution < 1.29 is 13.2 Å². The van der Waals surface area contributed by atoms with Crippen LogP contribution < -0.4 is 5.32 Å². The number of benzene rings is 2. The van der Waals surface area contributed by atoms with Crippen LogP contribution in [0.15, 0.2) is 66.9 Å². The minimum absolute atomic E-state index is 0.0700. The molecule has 1 aromatic heterocycles. The molecule has 3 aromatic rings. The average molecular weight is 424 g/mol. The largest absolute Gasteiger partial charge is 0.325 e. The fraction of sp³-hybridized carbons (Fsp3) is 0.304. The second kappa shape index (κ2) is 8.16. The summed E-state index contributed by atoms with van der Waals surface area (Å²) in [4.78, 5) is 18.0. The predicted octanol–water partition coefficient (Wildman–Crippen LogP) is 3.56.